The number of aromatic nitrogens is 2. The van der Waals surface area contributed by atoms with Crippen molar-refractivity contribution in [2.24, 2.45) is 0 Å². The molecule has 0 amide bonds. The standard InChI is InChI=1S/C19H18N2OS/c23-19-16-8-4-5-9-17(16)21(12-14-10-11-22-13-14)18(20-19)15-6-2-1-3-7-15/h1-3,6-7,10-11,13H,4-5,8-9,12H2. The van der Waals surface area contributed by atoms with E-state index >= 15 is 0 Å². The van der Waals surface area contributed by atoms with Gasteiger partial charge in [-0.2, -0.15) is 0 Å². The fraction of sp³-hybridized carbons (Fsp3) is 0.263. The third-order valence-corrected chi connectivity index (χ3v) is 4.78. The van der Waals surface area contributed by atoms with Gasteiger partial charge in [0.15, 0.2) is 0 Å². The van der Waals surface area contributed by atoms with Crippen LogP contribution < -0.4 is 0 Å². The van der Waals surface area contributed by atoms with E-state index in [1.807, 2.05) is 24.3 Å². The molecule has 0 fully saturated rings. The van der Waals surface area contributed by atoms with E-state index in [1.54, 1.807) is 12.5 Å². The lowest BCUT2D eigenvalue weighted by molar-refractivity contribution is 0.558. The van der Waals surface area contributed by atoms with Crippen molar-refractivity contribution in [1.29, 1.82) is 0 Å². The van der Waals surface area contributed by atoms with Crippen molar-refractivity contribution in [3.8, 4) is 11.4 Å². The zero-order chi connectivity index (χ0) is 15.6. The minimum Gasteiger partial charge on any atom is -0.472 e. The maximum Gasteiger partial charge on any atom is 0.142 e. The summed E-state index contributed by atoms with van der Waals surface area (Å²) in [5, 5.41) is 0. The van der Waals surface area contributed by atoms with E-state index < -0.39 is 0 Å². The maximum atomic E-state index is 5.59. The maximum absolute atomic E-state index is 5.59. The molecule has 23 heavy (non-hydrogen) atoms. The summed E-state index contributed by atoms with van der Waals surface area (Å²) in [6.45, 7) is 0.770. The van der Waals surface area contributed by atoms with Crippen LogP contribution in [0.3, 0.4) is 0 Å². The van der Waals surface area contributed by atoms with E-state index in [0.717, 1.165) is 41.0 Å². The summed E-state index contributed by atoms with van der Waals surface area (Å²) >= 11 is 5.59. The van der Waals surface area contributed by atoms with Gasteiger partial charge in [-0.1, -0.05) is 42.5 Å². The molecule has 4 heteroatoms. The number of rotatable bonds is 3. The van der Waals surface area contributed by atoms with Gasteiger partial charge in [-0.3, -0.25) is 0 Å². The van der Waals surface area contributed by atoms with Crippen molar-refractivity contribution in [2.45, 2.75) is 32.2 Å². The molecule has 0 unspecified atom stereocenters. The predicted molar refractivity (Wildman–Crippen MR) is 92.9 cm³/mol. The molecule has 2 heterocycles. The molecule has 0 N–H and O–H groups in total. The van der Waals surface area contributed by atoms with Crippen LogP contribution in [-0.4, -0.2) is 9.55 Å². The fourth-order valence-corrected chi connectivity index (χ4v) is 3.62. The third kappa shape index (κ3) is 2.75. The number of nitrogens with zero attached hydrogens (tertiary/aromatic N) is 2. The first kappa shape index (κ1) is 14.4. The van der Waals surface area contributed by atoms with Gasteiger partial charge in [0.25, 0.3) is 0 Å². The fourth-order valence-electron chi connectivity index (χ4n) is 3.31. The normalized spacial score (nSPS) is 13.7. The highest BCUT2D eigenvalue weighted by molar-refractivity contribution is 7.71. The van der Waals surface area contributed by atoms with E-state index in [4.69, 9.17) is 21.6 Å². The molecule has 0 saturated carbocycles. The highest BCUT2D eigenvalue weighted by Crippen LogP contribution is 2.28. The van der Waals surface area contributed by atoms with E-state index in [1.165, 1.54) is 24.1 Å². The van der Waals surface area contributed by atoms with E-state index in [9.17, 15) is 0 Å². The monoisotopic (exact) mass is 322 g/mol. The summed E-state index contributed by atoms with van der Waals surface area (Å²) < 4.78 is 8.34. The van der Waals surface area contributed by atoms with Crippen LogP contribution >= 0.6 is 12.2 Å². The Morgan fingerprint density at radius 2 is 1.91 bits per heavy atom. The molecule has 0 saturated heterocycles. The molecule has 1 aliphatic carbocycles. The van der Waals surface area contributed by atoms with Gasteiger partial charge in [-0.05, 0) is 31.7 Å². The molecule has 4 rings (SSSR count). The smallest absolute Gasteiger partial charge is 0.142 e. The lowest BCUT2D eigenvalue weighted by Crippen LogP contribution is -2.18. The van der Waals surface area contributed by atoms with E-state index in [0.29, 0.717) is 0 Å². The molecular weight excluding hydrogens is 304 g/mol. The molecule has 2 aromatic heterocycles. The van der Waals surface area contributed by atoms with Crippen LogP contribution in [0.5, 0.6) is 0 Å². The van der Waals surface area contributed by atoms with Crippen LogP contribution in [0.1, 0.15) is 29.7 Å². The average Bonchev–Trinajstić information content (AvgIpc) is 3.11. The SMILES string of the molecule is S=c1nc(-c2ccccc2)n(Cc2ccoc2)c2c1CCCC2. The van der Waals surface area contributed by atoms with Gasteiger partial charge >= 0.3 is 0 Å². The summed E-state index contributed by atoms with van der Waals surface area (Å²) in [7, 11) is 0. The molecule has 1 aromatic carbocycles. The zero-order valence-corrected chi connectivity index (χ0v) is 13.7. The summed E-state index contributed by atoms with van der Waals surface area (Å²) in [5.74, 6) is 0.956. The molecule has 0 aliphatic heterocycles. The van der Waals surface area contributed by atoms with Crippen LogP contribution in [-0.2, 0) is 19.4 Å². The molecule has 0 atom stereocenters. The summed E-state index contributed by atoms with van der Waals surface area (Å²) in [4.78, 5) is 4.78. The number of furan rings is 1. The molecule has 3 aromatic rings. The van der Waals surface area contributed by atoms with Gasteiger partial charge < -0.3 is 8.98 Å². The lowest BCUT2D eigenvalue weighted by atomic mass is 9.96. The molecule has 0 radical (unpaired) electrons. The summed E-state index contributed by atoms with van der Waals surface area (Å²) in [5.41, 5.74) is 4.86. The van der Waals surface area contributed by atoms with E-state index in [-0.39, 0.29) is 0 Å². The van der Waals surface area contributed by atoms with Crippen LogP contribution in [0.15, 0.2) is 53.3 Å². The van der Waals surface area contributed by atoms with E-state index in [2.05, 4.69) is 16.7 Å². The minimum atomic E-state index is 0.766. The molecule has 1 aliphatic rings. The number of hydrogen-bond donors (Lipinski definition) is 0. The van der Waals surface area contributed by atoms with Gasteiger partial charge in [0.2, 0.25) is 0 Å². The Kier molecular flexibility index (Phi) is 3.83. The largest absolute Gasteiger partial charge is 0.472 e. The van der Waals surface area contributed by atoms with Crippen LogP contribution in [0, 0.1) is 4.64 Å². The minimum absolute atomic E-state index is 0.766. The predicted octanol–water partition coefficient (Wildman–Crippen LogP) is 4.80. The van der Waals surface area contributed by atoms with Crippen molar-refractivity contribution in [3.63, 3.8) is 0 Å². The summed E-state index contributed by atoms with van der Waals surface area (Å²) in [6.07, 6.45) is 8.05. The number of hydrogen-bond acceptors (Lipinski definition) is 3. The first-order valence-electron chi connectivity index (χ1n) is 8.02. The lowest BCUT2D eigenvalue weighted by Gasteiger charge is -2.24. The van der Waals surface area contributed by atoms with Gasteiger partial charge in [-0.15, -0.1) is 0 Å². The Labute approximate surface area is 140 Å². The van der Waals surface area contributed by atoms with Crippen molar-refractivity contribution in [2.75, 3.05) is 0 Å². The first-order chi connectivity index (χ1) is 11.3. The third-order valence-electron chi connectivity index (χ3n) is 4.44. The van der Waals surface area contributed by atoms with Crippen LogP contribution in [0.2, 0.25) is 0 Å². The summed E-state index contributed by atoms with van der Waals surface area (Å²) in [6, 6.07) is 12.3. The Bertz CT molecular complexity index is 866. The van der Waals surface area contributed by atoms with Crippen molar-refractivity contribution < 1.29 is 4.42 Å². The Morgan fingerprint density at radius 3 is 2.70 bits per heavy atom. The molecule has 116 valence electrons. The van der Waals surface area contributed by atoms with Crippen molar-refractivity contribution >= 4 is 12.2 Å². The zero-order valence-electron chi connectivity index (χ0n) is 12.9. The molecule has 0 bridgehead atoms. The van der Waals surface area contributed by atoms with Gasteiger partial charge in [-0.25, -0.2) is 4.98 Å². The Morgan fingerprint density at radius 1 is 1.09 bits per heavy atom. The topological polar surface area (TPSA) is 31.0 Å². The molecule has 0 spiro atoms. The van der Waals surface area contributed by atoms with Gasteiger partial charge in [0.05, 0.1) is 19.1 Å². The highest BCUT2D eigenvalue weighted by Gasteiger charge is 2.19. The van der Waals surface area contributed by atoms with Crippen LogP contribution in [0.4, 0.5) is 0 Å². The van der Waals surface area contributed by atoms with Gasteiger partial charge in [0.1, 0.15) is 10.5 Å². The molecule has 3 nitrogen and oxygen atoms in total. The number of benzene rings is 1. The van der Waals surface area contributed by atoms with Crippen molar-refractivity contribution in [1.82, 2.24) is 9.55 Å². The van der Waals surface area contributed by atoms with Gasteiger partial charge in [0, 0.05) is 22.4 Å². The average molecular weight is 322 g/mol. The highest BCUT2D eigenvalue weighted by atomic mass is 32.1. The molecular formula is C19H18N2OS. The Balaban J connectivity index is 1.93. The van der Waals surface area contributed by atoms with Crippen molar-refractivity contribution in [3.05, 3.63) is 70.4 Å². The first-order valence-corrected chi connectivity index (χ1v) is 8.43. The quantitative estimate of drug-likeness (QED) is 0.649. The second-order valence-corrected chi connectivity index (χ2v) is 6.34. The number of fused-ring (bicyclic) bond motifs is 1. The van der Waals surface area contributed by atoms with Crippen LogP contribution in [0.25, 0.3) is 11.4 Å². The second-order valence-electron chi connectivity index (χ2n) is 5.96. The Hall–Kier alpha value is -2.20. The second kappa shape index (κ2) is 6.13.